The molecular weight excluding hydrogens is 203 g/mol. The fourth-order valence-corrected chi connectivity index (χ4v) is 1.04. The second-order valence-corrected chi connectivity index (χ2v) is 2.76. The second-order valence-electron chi connectivity index (χ2n) is 2.00. The van der Waals surface area contributed by atoms with E-state index in [9.17, 15) is 4.79 Å². The molecule has 4 nitrogen and oxygen atoms in total. The zero-order chi connectivity index (χ0) is 9.30. The lowest BCUT2D eigenvalue weighted by Crippen LogP contribution is -2.02. The van der Waals surface area contributed by atoms with Crippen molar-refractivity contribution in [1.82, 2.24) is 4.98 Å². The van der Waals surface area contributed by atoms with Gasteiger partial charge in [-0.15, -0.1) is 0 Å². The Morgan fingerprint density at radius 3 is 2.58 bits per heavy atom. The average molecular weight is 207 g/mol. The zero-order valence-electron chi connectivity index (χ0n) is 5.71. The summed E-state index contributed by atoms with van der Waals surface area (Å²) in [5.74, 6) is -1.20. The summed E-state index contributed by atoms with van der Waals surface area (Å²) in [6.07, 6.45) is 0. The van der Waals surface area contributed by atoms with Gasteiger partial charge in [-0.2, -0.15) is 0 Å². The number of hydrogen-bond donors (Lipinski definition) is 2. The van der Waals surface area contributed by atoms with E-state index in [4.69, 9.17) is 34.0 Å². The van der Waals surface area contributed by atoms with Crippen molar-refractivity contribution in [2.24, 2.45) is 0 Å². The molecule has 0 spiro atoms. The lowest BCUT2D eigenvalue weighted by atomic mass is 10.3. The van der Waals surface area contributed by atoms with Crippen molar-refractivity contribution in [3.63, 3.8) is 0 Å². The Balaban J connectivity index is 3.31. The minimum absolute atomic E-state index is 0.0864. The standard InChI is InChI=1S/C6H4Cl2N2O2/c7-2-1-3(6(11)12)10-5(8)4(2)9/h1H,9H2,(H,11,12). The summed E-state index contributed by atoms with van der Waals surface area (Å²) in [4.78, 5) is 13.9. The van der Waals surface area contributed by atoms with Crippen molar-refractivity contribution < 1.29 is 9.90 Å². The van der Waals surface area contributed by atoms with Crippen LogP contribution in [0.25, 0.3) is 0 Å². The molecule has 6 heteroatoms. The number of carboxylic acids is 1. The average Bonchev–Trinajstić information content (AvgIpc) is 1.99. The number of aromatic nitrogens is 1. The van der Waals surface area contributed by atoms with E-state index < -0.39 is 5.97 Å². The third kappa shape index (κ3) is 1.60. The monoisotopic (exact) mass is 206 g/mol. The summed E-state index contributed by atoms with van der Waals surface area (Å²) in [6.45, 7) is 0. The van der Waals surface area contributed by atoms with E-state index in [1.165, 1.54) is 0 Å². The first-order valence-electron chi connectivity index (χ1n) is 2.87. The SMILES string of the molecule is Nc1c(Cl)cc(C(=O)O)nc1Cl. The molecule has 0 fully saturated rings. The van der Waals surface area contributed by atoms with Crippen LogP contribution in [0.3, 0.4) is 0 Å². The number of nitrogens with zero attached hydrogens (tertiary/aromatic N) is 1. The number of rotatable bonds is 1. The summed E-state index contributed by atoms with van der Waals surface area (Å²) in [5.41, 5.74) is 5.20. The van der Waals surface area contributed by atoms with Gasteiger partial charge in [0.1, 0.15) is 0 Å². The van der Waals surface area contributed by atoms with Crippen molar-refractivity contribution in [2.75, 3.05) is 5.73 Å². The molecular formula is C6H4Cl2N2O2. The molecule has 3 N–H and O–H groups in total. The van der Waals surface area contributed by atoms with Gasteiger partial charge in [-0.25, -0.2) is 9.78 Å². The topological polar surface area (TPSA) is 76.2 Å². The Morgan fingerprint density at radius 1 is 1.58 bits per heavy atom. The highest BCUT2D eigenvalue weighted by Gasteiger charge is 2.10. The molecule has 1 aromatic heterocycles. The van der Waals surface area contributed by atoms with Gasteiger partial charge < -0.3 is 10.8 Å². The van der Waals surface area contributed by atoms with E-state index in [1.807, 2.05) is 0 Å². The van der Waals surface area contributed by atoms with Crippen molar-refractivity contribution in [3.8, 4) is 0 Å². The fraction of sp³-hybridized carbons (Fsp3) is 0. The molecule has 12 heavy (non-hydrogen) atoms. The number of nitrogens with two attached hydrogens (primary N) is 1. The summed E-state index contributed by atoms with van der Waals surface area (Å²) < 4.78 is 0. The number of anilines is 1. The molecule has 0 aromatic carbocycles. The number of nitrogen functional groups attached to an aromatic ring is 1. The molecule has 1 heterocycles. The van der Waals surface area contributed by atoms with Crippen LogP contribution >= 0.6 is 23.2 Å². The number of carbonyl (C=O) groups is 1. The quantitative estimate of drug-likeness (QED) is 0.686. The van der Waals surface area contributed by atoms with Gasteiger partial charge in [0, 0.05) is 0 Å². The molecule has 0 aliphatic rings. The molecule has 0 aliphatic heterocycles. The van der Waals surface area contributed by atoms with E-state index >= 15 is 0 Å². The number of carboxylic acid groups (broad SMARTS) is 1. The molecule has 64 valence electrons. The first-order chi connectivity index (χ1) is 5.52. The molecule has 0 aliphatic carbocycles. The van der Waals surface area contributed by atoms with E-state index in [2.05, 4.69) is 4.98 Å². The van der Waals surface area contributed by atoms with Gasteiger partial charge in [-0.3, -0.25) is 0 Å². The van der Waals surface area contributed by atoms with Crippen LogP contribution in [0.4, 0.5) is 5.69 Å². The normalized spacial score (nSPS) is 9.83. The maximum absolute atomic E-state index is 10.4. The summed E-state index contributed by atoms with van der Waals surface area (Å²) >= 11 is 11.0. The predicted octanol–water partition coefficient (Wildman–Crippen LogP) is 1.67. The highest BCUT2D eigenvalue weighted by molar-refractivity contribution is 6.38. The van der Waals surface area contributed by atoms with Gasteiger partial charge in [0.25, 0.3) is 0 Å². The van der Waals surface area contributed by atoms with Crippen LogP contribution < -0.4 is 5.73 Å². The van der Waals surface area contributed by atoms with Crippen molar-refractivity contribution in [3.05, 3.63) is 21.9 Å². The lowest BCUT2D eigenvalue weighted by molar-refractivity contribution is 0.0690. The maximum Gasteiger partial charge on any atom is 0.354 e. The molecule has 0 saturated carbocycles. The van der Waals surface area contributed by atoms with E-state index in [1.54, 1.807) is 0 Å². The maximum atomic E-state index is 10.4. The Morgan fingerprint density at radius 2 is 2.17 bits per heavy atom. The van der Waals surface area contributed by atoms with E-state index in [-0.39, 0.29) is 21.6 Å². The molecule has 0 unspecified atom stereocenters. The molecule has 0 amide bonds. The smallest absolute Gasteiger partial charge is 0.354 e. The summed E-state index contributed by atoms with van der Waals surface area (Å²) in [6, 6.07) is 1.14. The third-order valence-electron chi connectivity index (χ3n) is 1.18. The zero-order valence-corrected chi connectivity index (χ0v) is 7.23. The van der Waals surface area contributed by atoms with E-state index in [0.29, 0.717) is 0 Å². The predicted molar refractivity (Wildman–Crippen MR) is 45.6 cm³/mol. The van der Waals surface area contributed by atoms with Crippen LogP contribution in [0.5, 0.6) is 0 Å². The van der Waals surface area contributed by atoms with Crippen molar-refractivity contribution in [1.29, 1.82) is 0 Å². The Kier molecular flexibility index (Phi) is 2.40. The largest absolute Gasteiger partial charge is 0.477 e. The summed E-state index contributed by atoms with van der Waals surface area (Å²) in [7, 11) is 0. The second kappa shape index (κ2) is 3.16. The fourth-order valence-electron chi connectivity index (χ4n) is 0.604. The Bertz CT molecular complexity index is 317. The first-order valence-corrected chi connectivity index (χ1v) is 3.62. The van der Waals surface area contributed by atoms with Crippen LogP contribution in [0.1, 0.15) is 10.5 Å². The van der Waals surface area contributed by atoms with Crippen molar-refractivity contribution in [2.45, 2.75) is 0 Å². The van der Waals surface area contributed by atoms with E-state index in [0.717, 1.165) is 6.07 Å². The van der Waals surface area contributed by atoms with Crippen LogP contribution in [0.15, 0.2) is 6.07 Å². The number of hydrogen-bond acceptors (Lipinski definition) is 3. The minimum Gasteiger partial charge on any atom is -0.477 e. The minimum atomic E-state index is -1.20. The molecule has 0 radical (unpaired) electrons. The molecule has 0 saturated heterocycles. The van der Waals surface area contributed by atoms with Crippen LogP contribution in [-0.4, -0.2) is 16.1 Å². The summed E-state index contributed by atoms with van der Waals surface area (Å²) in [5, 5.41) is 8.50. The Hall–Kier alpha value is -1.00. The number of halogens is 2. The molecule has 0 bridgehead atoms. The Labute approximate surface area is 77.9 Å². The van der Waals surface area contributed by atoms with Crippen LogP contribution in [0.2, 0.25) is 10.2 Å². The van der Waals surface area contributed by atoms with Gasteiger partial charge in [0.15, 0.2) is 10.8 Å². The van der Waals surface area contributed by atoms with Gasteiger partial charge in [-0.1, -0.05) is 23.2 Å². The van der Waals surface area contributed by atoms with Gasteiger partial charge in [0.2, 0.25) is 0 Å². The van der Waals surface area contributed by atoms with Crippen molar-refractivity contribution >= 4 is 34.9 Å². The van der Waals surface area contributed by atoms with Gasteiger partial charge in [-0.05, 0) is 6.07 Å². The first kappa shape index (κ1) is 9.09. The molecule has 1 rings (SSSR count). The lowest BCUT2D eigenvalue weighted by Gasteiger charge is -2.00. The van der Waals surface area contributed by atoms with Crippen LogP contribution in [0, 0.1) is 0 Å². The van der Waals surface area contributed by atoms with Gasteiger partial charge >= 0.3 is 5.97 Å². The third-order valence-corrected chi connectivity index (χ3v) is 1.78. The highest BCUT2D eigenvalue weighted by Crippen LogP contribution is 2.25. The number of pyridine rings is 1. The van der Waals surface area contributed by atoms with Crippen LogP contribution in [-0.2, 0) is 0 Å². The highest BCUT2D eigenvalue weighted by atomic mass is 35.5. The molecule has 0 atom stereocenters. The van der Waals surface area contributed by atoms with Gasteiger partial charge in [0.05, 0.1) is 10.7 Å². The molecule has 1 aromatic rings. The number of aromatic carboxylic acids is 1.